The van der Waals surface area contributed by atoms with Crippen molar-refractivity contribution >= 4 is 11.2 Å². The van der Waals surface area contributed by atoms with Crippen LogP contribution in [0.3, 0.4) is 0 Å². The molecule has 1 saturated carbocycles. The molecule has 90 valence electrons. The molecular weight excluding hydrogens is 212 g/mol. The van der Waals surface area contributed by atoms with E-state index in [4.69, 9.17) is 0 Å². The molecule has 2 aromatic heterocycles. The highest BCUT2D eigenvalue weighted by atomic mass is 15.0. The molecule has 1 aliphatic carbocycles. The van der Waals surface area contributed by atoms with Gasteiger partial charge in [-0.1, -0.05) is 38.5 Å². The maximum absolute atomic E-state index is 4.53. The normalized spacial score (nSPS) is 18.4. The van der Waals surface area contributed by atoms with Gasteiger partial charge in [-0.05, 0) is 5.92 Å². The van der Waals surface area contributed by atoms with E-state index in [0.29, 0.717) is 0 Å². The van der Waals surface area contributed by atoms with Crippen molar-refractivity contribution in [3.05, 3.63) is 18.3 Å². The Morgan fingerprint density at radius 2 is 2.00 bits per heavy atom. The molecule has 1 aliphatic rings. The van der Waals surface area contributed by atoms with E-state index in [1.165, 1.54) is 38.5 Å². The van der Waals surface area contributed by atoms with Gasteiger partial charge in [0.25, 0.3) is 0 Å². The standard InChI is InChI=1S/C13H18N4/c1-2-4-6-10(5-3-1)7-12-16-11-8-14-9-15-13(11)17-12/h8-10H,1-7H2,(H,14,15,16,17). The Morgan fingerprint density at radius 1 is 1.18 bits per heavy atom. The van der Waals surface area contributed by atoms with Crippen molar-refractivity contribution in [3.8, 4) is 0 Å². The Kier molecular flexibility index (Phi) is 3.03. The molecule has 2 heterocycles. The third-order valence-electron chi connectivity index (χ3n) is 3.67. The van der Waals surface area contributed by atoms with Crippen LogP contribution in [0.1, 0.15) is 44.3 Å². The fourth-order valence-corrected chi connectivity index (χ4v) is 2.75. The minimum absolute atomic E-state index is 0.795. The first kappa shape index (κ1) is 10.7. The van der Waals surface area contributed by atoms with Gasteiger partial charge < -0.3 is 4.98 Å². The number of fused-ring (bicyclic) bond motifs is 1. The molecule has 1 fully saturated rings. The van der Waals surface area contributed by atoms with E-state index in [-0.39, 0.29) is 0 Å². The maximum Gasteiger partial charge on any atom is 0.180 e. The van der Waals surface area contributed by atoms with E-state index in [0.717, 1.165) is 29.3 Å². The number of nitrogens with one attached hydrogen (secondary N) is 1. The van der Waals surface area contributed by atoms with Crippen LogP contribution < -0.4 is 0 Å². The third kappa shape index (κ3) is 2.46. The van der Waals surface area contributed by atoms with Gasteiger partial charge in [-0.25, -0.2) is 15.0 Å². The van der Waals surface area contributed by atoms with Gasteiger partial charge >= 0.3 is 0 Å². The summed E-state index contributed by atoms with van der Waals surface area (Å²) in [6.45, 7) is 0. The van der Waals surface area contributed by atoms with Gasteiger partial charge in [-0.15, -0.1) is 0 Å². The number of nitrogens with zero attached hydrogens (tertiary/aromatic N) is 3. The summed E-state index contributed by atoms with van der Waals surface area (Å²) in [4.78, 5) is 16.0. The Balaban J connectivity index is 1.75. The van der Waals surface area contributed by atoms with Crippen molar-refractivity contribution in [2.45, 2.75) is 44.9 Å². The largest absolute Gasteiger partial charge is 0.339 e. The number of imidazole rings is 1. The van der Waals surface area contributed by atoms with Crippen molar-refractivity contribution in [2.24, 2.45) is 5.92 Å². The summed E-state index contributed by atoms with van der Waals surface area (Å²) >= 11 is 0. The van der Waals surface area contributed by atoms with E-state index in [1.807, 2.05) is 0 Å². The Hall–Kier alpha value is -1.45. The van der Waals surface area contributed by atoms with E-state index in [9.17, 15) is 0 Å². The second-order valence-electron chi connectivity index (χ2n) is 5.01. The van der Waals surface area contributed by atoms with Crippen LogP contribution in [-0.2, 0) is 6.42 Å². The molecule has 0 aromatic carbocycles. The summed E-state index contributed by atoms with van der Waals surface area (Å²) in [6.07, 6.45) is 12.7. The summed E-state index contributed by atoms with van der Waals surface area (Å²) in [5.41, 5.74) is 1.75. The average molecular weight is 230 g/mol. The molecule has 4 heteroatoms. The van der Waals surface area contributed by atoms with Gasteiger partial charge in [0.1, 0.15) is 17.7 Å². The number of hydrogen-bond acceptors (Lipinski definition) is 3. The molecule has 0 radical (unpaired) electrons. The number of H-pyrrole nitrogens is 1. The van der Waals surface area contributed by atoms with Crippen molar-refractivity contribution in [1.82, 2.24) is 19.9 Å². The minimum atomic E-state index is 0.795. The first-order chi connectivity index (χ1) is 8.42. The van der Waals surface area contributed by atoms with Gasteiger partial charge in [-0.2, -0.15) is 0 Å². The molecule has 0 atom stereocenters. The number of rotatable bonds is 2. The summed E-state index contributed by atoms with van der Waals surface area (Å²) in [5.74, 6) is 1.87. The predicted octanol–water partition coefficient (Wildman–Crippen LogP) is 2.87. The number of hydrogen-bond donors (Lipinski definition) is 1. The molecule has 0 saturated heterocycles. The van der Waals surface area contributed by atoms with Crippen LogP contribution in [0.15, 0.2) is 12.5 Å². The van der Waals surface area contributed by atoms with E-state index < -0.39 is 0 Å². The SMILES string of the molecule is c1ncc2[nH]c(CC3CCCCCC3)nc2n1. The highest BCUT2D eigenvalue weighted by Gasteiger charge is 2.15. The molecule has 3 rings (SSSR count). The Labute approximate surface area is 101 Å². The fraction of sp³-hybridized carbons (Fsp3) is 0.615. The highest BCUT2D eigenvalue weighted by molar-refractivity contribution is 5.68. The van der Waals surface area contributed by atoms with Crippen LogP contribution in [0, 0.1) is 5.92 Å². The Bertz CT molecular complexity index is 450. The summed E-state index contributed by atoms with van der Waals surface area (Å²) in [6, 6.07) is 0. The molecule has 0 bridgehead atoms. The molecule has 17 heavy (non-hydrogen) atoms. The van der Waals surface area contributed by atoms with E-state index >= 15 is 0 Å². The van der Waals surface area contributed by atoms with Crippen molar-refractivity contribution < 1.29 is 0 Å². The first-order valence-electron chi connectivity index (χ1n) is 6.56. The average Bonchev–Trinajstić information content (AvgIpc) is 2.57. The van der Waals surface area contributed by atoms with Crippen molar-refractivity contribution in [1.29, 1.82) is 0 Å². The minimum Gasteiger partial charge on any atom is -0.339 e. The summed E-state index contributed by atoms with van der Waals surface area (Å²) < 4.78 is 0. The first-order valence-corrected chi connectivity index (χ1v) is 6.56. The highest BCUT2D eigenvalue weighted by Crippen LogP contribution is 2.25. The fourth-order valence-electron chi connectivity index (χ4n) is 2.75. The van der Waals surface area contributed by atoms with Crippen molar-refractivity contribution in [2.75, 3.05) is 0 Å². The molecule has 2 aromatic rings. The van der Waals surface area contributed by atoms with Crippen LogP contribution in [0.25, 0.3) is 11.2 Å². The lowest BCUT2D eigenvalue weighted by Gasteiger charge is -2.11. The monoisotopic (exact) mass is 230 g/mol. The van der Waals surface area contributed by atoms with Gasteiger partial charge in [0.2, 0.25) is 0 Å². The lowest BCUT2D eigenvalue weighted by molar-refractivity contribution is 0.450. The second kappa shape index (κ2) is 4.82. The van der Waals surface area contributed by atoms with Gasteiger partial charge in [0.15, 0.2) is 5.65 Å². The zero-order chi connectivity index (χ0) is 11.5. The smallest absolute Gasteiger partial charge is 0.180 e. The second-order valence-corrected chi connectivity index (χ2v) is 5.01. The summed E-state index contributed by atoms with van der Waals surface area (Å²) in [7, 11) is 0. The molecule has 1 N–H and O–H groups in total. The molecule has 0 amide bonds. The topological polar surface area (TPSA) is 54.5 Å². The van der Waals surface area contributed by atoms with E-state index in [1.54, 1.807) is 12.5 Å². The predicted molar refractivity (Wildman–Crippen MR) is 66.6 cm³/mol. The zero-order valence-electron chi connectivity index (χ0n) is 10.0. The summed E-state index contributed by atoms with van der Waals surface area (Å²) in [5, 5.41) is 0. The van der Waals surface area contributed by atoms with Gasteiger partial charge in [-0.3, -0.25) is 0 Å². The molecule has 0 unspecified atom stereocenters. The molecule has 0 aliphatic heterocycles. The van der Waals surface area contributed by atoms with Crippen LogP contribution in [-0.4, -0.2) is 19.9 Å². The van der Waals surface area contributed by atoms with Crippen LogP contribution in [0.4, 0.5) is 0 Å². The molecule has 4 nitrogen and oxygen atoms in total. The third-order valence-corrected chi connectivity index (χ3v) is 3.67. The van der Waals surface area contributed by atoms with Crippen LogP contribution >= 0.6 is 0 Å². The maximum atomic E-state index is 4.53. The lowest BCUT2D eigenvalue weighted by atomic mass is 9.96. The number of aromatic nitrogens is 4. The quantitative estimate of drug-likeness (QED) is 0.807. The lowest BCUT2D eigenvalue weighted by Crippen LogP contribution is -2.04. The number of aromatic amines is 1. The van der Waals surface area contributed by atoms with Crippen molar-refractivity contribution in [3.63, 3.8) is 0 Å². The molecular formula is C13H18N4. The zero-order valence-corrected chi connectivity index (χ0v) is 10.0. The van der Waals surface area contributed by atoms with E-state index in [2.05, 4.69) is 19.9 Å². The van der Waals surface area contributed by atoms with Crippen LogP contribution in [0.5, 0.6) is 0 Å². The van der Waals surface area contributed by atoms with Gasteiger partial charge in [0, 0.05) is 6.42 Å². The van der Waals surface area contributed by atoms with Crippen LogP contribution in [0.2, 0.25) is 0 Å². The molecule has 0 spiro atoms. The Morgan fingerprint density at radius 3 is 2.76 bits per heavy atom. The van der Waals surface area contributed by atoms with Gasteiger partial charge in [0.05, 0.1) is 6.20 Å².